The summed E-state index contributed by atoms with van der Waals surface area (Å²) in [6.07, 6.45) is 1.46. The molecule has 0 aliphatic carbocycles. The summed E-state index contributed by atoms with van der Waals surface area (Å²) in [7, 11) is -3.60. The van der Waals surface area contributed by atoms with Gasteiger partial charge in [-0.3, -0.25) is 4.79 Å². The zero-order valence-electron chi connectivity index (χ0n) is 21.8. The number of hydrogen-bond acceptors (Lipinski definition) is 4. The van der Waals surface area contributed by atoms with E-state index in [2.05, 4.69) is 10.1 Å². The fourth-order valence-electron chi connectivity index (χ4n) is 4.88. The van der Waals surface area contributed by atoms with E-state index in [1.807, 2.05) is 13.8 Å². The molecule has 202 valence electrons. The summed E-state index contributed by atoms with van der Waals surface area (Å²) in [5, 5.41) is 4.69. The molecule has 0 saturated heterocycles. The molecule has 0 radical (unpaired) electrons. The number of H-pyrrole nitrogens is 1. The average molecular weight is 551 g/mol. The molecule has 0 fully saturated rings. The Bertz CT molecular complexity index is 1860. The van der Waals surface area contributed by atoms with Crippen LogP contribution in [0.4, 0.5) is 8.78 Å². The van der Waals surface area contributed by atoms with E-state index in [1.54, 1.807) is 49.4 Å². The van der Waals surface area contributed by atoms with Crippen LogP contribution in [0, 0.1) is 18.6 Å². The smallest absolute Gasteiger partial charge is 0.282 e. The van der Waals surface area contributed by atoms with Crippen LogP contribution in [0.15, 0.2) is 70.4 Å². The molecule has 0 spiro atoms. The van der Waals surface area contributed by atoms with Gasteiger partial charge in [0.05, 0.1) is 27.1 Å². The molecule has 2 heterocycles. The lowest BCUT2D eigenvalue weighted by Gasteiger charge is -2.21. The number of sulfonamides is 1. The number of benzene rings is 3. The molecule has 0 aliphatic heterocycles. The summed E-state index contributed by atoms with van der Waals surface area (Å²) >= 11 is 0. The third-order valence-corrected chi connectivity index (χ3v) is 8.64. The largest absolute Gasteiger partial charge is 0.339 e. The lowest BCUT2D eigenvalue weighted by molar-refractivity contribution is 0.410. The van der Waals surface area contributed by atoms with E-state index in [9.17, 15) is 22.0 Å². The number of aryl methyl sites for hydroxylation is 1. The Hall–Kier alpha value is -3.89. The standard InChI is InChI=1S/C29H28F2N4O3S/c1-4-14-34(15-5-2)39(37,38)22-10-6-19(7-11-22)20-8-12-24-26(16-20)32-28-27(18(3)33-35(28)29(24)36)23-13-9-21(30)17-25(23)31/h6-13,16-17,32H,4-5,14-15H2,1-3H3. The lowest BCUT2D eigenvalue weighted by atomic mass is 10.0. The number of aromatic nitrogens is 3. The Morgan fingerprint density at radius 3 is 2.23 bits per heavy atom. The highest BCUT2D eigenvalue weighted by Crippen LogP contribution is 2.31. The van der Waals surface area contributed by atoms with Gasteiger partial charge in [-0.25, -0.2) is 17.2 Å². The fourth-order valence-corrected chi connectivity index (χ4v) is 6.50. The Morgan fingerprint density at radius 2 is 1.59 bits per heavy atom. The number of nitrogens with zero attached hydrogens (tertiary/aromatic N) is 3. The highest BCUT2D eigenvalue weighted by atomic mass is 32.2. The summed E-state index contributed by atoms with van der Waals surface area (Å²) in [5.74, 6) is -1.45. The van der Waals surface area contributed by atoms with Crippen molar-refractivity contribution in [2.75, 3.05) is 13.1 Å². The number of hydrogen-bond donors (Lipinski definition) is 1. The third kappa shape index (κ3) is 4.74. The zero-order chi connectivity index (χ0) is 27.9. The predicted octanol–water partition coefficient (Wildman–Crippen LogP) is 5.91. The summed E-state index contributed by atoms with van der Waals surface area (Å²) in [6, 6.07) is 15.2. The number of halogens is 2. The van der Waals surface area contributed by atoms with Gasteiger partial charge in [-0.15, -0.1) is 0 Å². The lowest BCUT2D eigenvalue weighted by Crippen LogP contribution is -2.32. The van der Waals surface area contributed by atoms with Crippen molar-refractivity contribution < 1.29 is 17.2 Å². The van der Waals surface area contributed by atoms with Crippen LogP contribution in [0.1, 0.15) is 32.4 Å². The van der Waals surface area contributed by atoms with E-state index in [1.165, 1.54) is 14.9 Å². The first-order valence-corrected chi connectivity index (χ1v) is 14.2. The van der Waals surface area contributed by atoms with Gasteiger partial charge in [-0.1, -0.05) is 32.0 Å². The molecule has 39 heavy (non-hydrogen) atoms. The van der Waals surface area contributed by atoms with Crippen molar-refractivity contribution in [3.63, 3.8) is 0 Å². The van der Waals surface area contributed by atoms with Crippen molar-refractivity contribution in [3.8, 4) is 22.3 Å². The molecule has 0 bridgehead atoms. The van der Waals surface area contributed by atoms with Crippen LogP contribution in [-0.2, 0) is 10.0 Å². The molecule has 10 heteroatoms. The van der Waals surface area contributed by atoms with Crippen LogP contribution in [-0.4, -0.2) is 40.4 Å². The first-order chi connectivity index (χ1) is 18.6. The zero-order valence-corrected chi connectivity index (χ0v) is 22.6. The van der Waals surface area contributed by atoms with Gasteiger partial charge in [-0.05, 0) is 67.3 Å². The number of aromatic amines is 1. The molecule has 5 aromatic rings. The van der Waals surface area contributed by atoms with Crippen molar-refractivity contribution in [3.05, 3.63) is 88.3 Å². The maximum Gasteiger partial charge on any atom is 0.282 e. The van der Waals surface area contributed by atoms with Gasteiger partial charge in [0, 0.05) is 24.7 Å². The SMILES string of the molecule is CCCN(CCC)S(=O)(=O)c1ccc(-c2ccc3c(=O)n4nc(C)c(-c5ccc(F)cc5F)c4[nH]c3c2)cc1. The van der Waals surface area contributed by atoms with Gasteiger partial charge in [0.2, 0.25) is 10.0 Å². The molecule has 0 unspecified atom stereocenters. The van der Waals surface area contributed by atoms with Crippen LogP contribution in [0.3, 0.4) is 0 Å². The first kappa shape index (κ1) is 26.7. The monoisotopic (exact) mass is 550 g/mol. The van der Waals surface area contributed by atoms with Gasteiger partial charge in [-0.2, -0.15) is 13.9 Å². The minimum Gasteiger partial charge on any atom is -0.339 e. The molecule has 0 saturated carbocycles. The molecule has 1 N–H and O–H groups in total. The molecule has 7 nitrogen and oxygen atoms in total. The van der Waals surface area contributed by atoms with E-state index >= 15 is 0 Å². The Balaban J connectivity index is 1.59. The van der Waals surface area contributed by atoms with Crippen LogP contribution < -0.4 is 5.56 Å². The van der Waals surface area contributed by atoms with Gasteiger partial charge < -0.3 is 4.98 Å². The Kier molecular flexibility index (Phi) is 7.09. The maximum atomic E-state index is 14.7. The van der Waals surface area contributed by atoms with Crippen molar-refractivity contribution in [1.29, 1.82) is 0 Å². The molecule has 0 aliphatic rings. The Labute approximate surface area is 224 Å². The van der Waals surface area contributed by atoms with Crippen molar-refractivity contribution in [2.45, 2.75) is 38.5 Å². The molecule has 5 rings (SSSR count). The van der Waals surface area contributed by atoms with E-state index in [0.717, 1.165) is 36.1 Å². The van der Waals surface area contributed by atoms with Crippen LogP contribution >= 0.6 is 0 Å². The second-order valence-electron chi connectivity index (χ2n) is 9.46. The van der Waals surface area contributed by atoms with E-state index in [4.69, 9.17) is 0 Å². The van der Waals surface area contributed by atoms with Gasteiger partial charge in [0.25, 0.3) is 5.56 Å². The summed E-state index contributed by atoms with van der Waals surface area (Å²) in [6.45, 7) is 6.48. The maximum absolute atomic E-state index is 14.7. The van der Waals surface area contributed by atoms with Crippen LogP contribution in [0.2, 0.25) is 0 Å². The number of nitrogens with one attached hydrogen (secondary N) is 1. The number of fused-ring (bicyclic) bond motifs is 2. The average Bonchev–Trinajstić information content (AvgIpc) is 3.24. The highest BCUT2D eigenvalue weighted by Gasteiger charge is 2.23. The van der Waals surface area contributed by atoms with Crippen molar-refractivity contribution in [2.24, 2.45) is 0 Å². The molecule has 0 amide bonds. The van der Waals surface area contributed by atoms with Gasteiger partial charge in [0.15, 0.2) is 0 Å². The topological polar surface area (TPSA) is 87.5 Å². The second-order valence-corrected chi connectivity index (χ2v) is 11.4. The van der Waals surface area contributed by atoms with Gasteiger partial charge in [0.1, 0.15) is 17.3 Å². The van der Waals surface area contributed by atoms with Crippen LogP contribution in [0.5, 0.6) is 0 Å². The first-order valence-electron chi connectivity index (χ1n) is 12.8. The predicted molar refractivity (Wildman–Crippen MR) is 148 cm³/mol. The second kappa shape index (κ2) is 10.3. The summed E-state index contributed by atoms with van der Waals surface area (Å²) in [4.78, 5) is 16.7. The minimum absolute atomic E-state index is 0.132. The van der Waals surface area contributed by atoms with Crippen molar-refractivity contribution >= 4 is 26.6 Å². The van der Waals surface area contributed by atoms with Crippen LogP contribution in [0.25, 0.3) is 38.8 Å². The number of rotatable bonds is 8. The van der Waals surface area contributed by atoms with E-state index < -0.39 is 21.7 Å². The van der Waals surface area contributed by atoms with E-state index in [0.29, 0.717) is 40.9 Å². The van der Waals surface area contributed by atoms with E-state index in [-0.39, 0.29) is 16.0 Å². The van der Waals surface area contributed by atoms with Crippen molar-refractivity contribution in [1.82, 2.24) is 18.9 Å². The molecule has 2 aromatic heterocycles. The third-order valence-electron chi connectivity index (χ3n) is 6.73. The minimum atomic E-state index is -3.60. The normalized spacial score (nSPS) is 12.2. The summed E-state index contributed by atoms with van der Waals surface area (Å²) in [5.41, 5.74) is 2.86. The van der Waals surface area contributed by atoms with Gasteiger partial charge >= 0.3 is 0 Å². The molecular formula is C29H28F2N4O3S. The highest BCUT2D eigenvalue weighted by molar-refractivity contribution is 7.89. The molecule has 3 aromatic carbocycles. The molecule has 0 atom stereocenters. The Morgan fingerprint density at radius 1 is 0.923 bits per heavy atom. The molecular weight excluding hydrogens is 522 g/mol. The fraction of sp³-hybridized carbons (Fsp3) is 0.241. The quantitative estimate of drug-likeness (QED) is 0.260. The summed E-state index contributed by atoms with van der Waals surface area (Å²) < 4.78 is 57.1.